The molecule has 25 heavy (non-hydrogen) atoms. The number of fused-ring (bicyclic) bond motifs is 1. The number of phenols is 1. The van der Waals surface area contributed by atoms with Crippen LogP contribution in [0.3, 0.4) is 0 Å². The monoisotopic (exact) mass is 355 g/mol. The molecule has 0 atom stereocenters. The standard InChI is InChI=1S/C19H21N3O2S/c23-17-8-4-7-16-18(17)19(24)22(25-20-16)15-9-11-21(12-10-15)13-14-5-2-1-3-6-14/h1-8,15,20,23H,9-13H2. The van der Waals surface area contributed by atoms with Crippen LogP contribution in [0.5, 0.6) is 5.75 Å². The maximum absolute atomic E-state index is 12.8. The van der Waals surface area contributed by atoms with Gasteiger partial charge in [-0.25, -0.2) is 0 Å². The Morgan fingerprint density at radius 3 is 2.60 bits per heavy atom. The highest BCUT2D eigenvalue weighted by Crippen LogP contribution is 2.37. The summed E-state index contributed by atoms with van der Waals surface area (Å²) in [5.41, 5.74) is 2.39. The number of rotatable bonds is 3. The molecule has 6 heteroatoms. The van der Waals surface area contributed by atoms with Crippen molar-refractivity contribution in [3.05, 3.63) is 59.7 Å². The van der Waals surface area contributed by atoms with Crippen LogP contribution < -0.4 is 4.72 Å². The van der Waals surface area contributed by atoms with E-state index < -0.39 is 0 Å². The van der Waals surface area contributed by atoms with Gasteiger partial charge in [-0.2, -0.15) is 0 Å². The SMILES string of the molecule is O=C1c2c(O)cccc2NSN1C1CCN(Cc2ccccc2)CC1. The van der Waals surface area contributed by atoms with Crippen molar-refractivity contribution in [2.45, 2.75) is 25.4 Å². The Hall–Kier alpha value is -2.18. The first-order chi connectivity index (χ1) is 12.2. The number of benzene rings is 2. The van der Waals surface area contributed by atoms with Crippen molar-refractivity contribution in [3.63, 3.8) is 0 Å². The number of hydrogen-bond donors (Lipinski definition) is 2. The van der Waals surface area contributed by atoms with E-state index in [1.54, 1.807) is 16.4 Å². The maximum Gasteiger partial charge on any atom is 0.271 e. The molecule has 0 saturated carbocycles. The van der Waals surface area contributed by atoms with Crippen molar-refractivity contribution in [1.29, 1.82) is 0 Å². The third kappa shape index (κ3) is 3.32. The van der Waals surface area contributed by atoms with Gasteiger partial charge in [-0.15, -0.1) is 0 Å². The number of hydrogen-bond acceptors (Lipinski definition) is 5. The van der Waals surface area contributed by atoms with Gasteiger partial charge in [0.1, 0.15) is 11.3 Å². The molecule has 2 heterocycles. The fraction of sp³-hybridized carbons (Fsp3) is 0.316. The summed E-state index contributed by atoms with van der Waals surface area (Å²) >= 11 is 1.34. The Morgan fingerprint density at radius 2 is 1.84 bits per heavy atom. The molecule has 0 bridgehead atoms. The molecule has 2 aromatic carbocycles. The minimum Gasteiger partial charge on any atom is -0.507 e. The van der Waals surface area contributed by atoms with Gasteiger partial charge in [-0.05, 0) is 30.5 Å². The van der Waals surface area contributed by atoms with Gasteiger partial charge in [0.2, 0.25) is 0 Å². The van der Waals surface area contributed by atoms with Crippen molar-refractivity contribution in [1.82, 2.24) is 9.21 Å². The number of phenolic OH excluding ortho intramolecular Hbond substituents is 1. The van der Waals surface area contributed by atoms with Gasteiger partial charge in [0.25, 0.3) is 5.91 Å². The number of carbonyl (C=O) groups is 1. The van der Waals surface area contributed by atoms with Crippen LogP contribution in [0, 0.1) is 0 Å². The second kappa shape index (κ2) is 6.98. The van der Waals surface area contributed by atoms with Crippen molar-refractivity contribution >= 4 is 23.7 Å². The number of carbonyl (C=O) groups excluding carboxylic acids is 1. The zero-order chi connectivity index (χ0) is 17.2. The van der Waals surface area contributed by atoms with Gasteiger partial charge < -0.3 is 9.83 Å². The molecule has 2 N–H and O–H groups in total. The number of piperidine rings is 1. The fourth-order valence-corrected chi connectivity index (χ4v) is 4.39. The molecule has 0 radical (unpaired) electrons. The Labute approximate surface area is 151 Å². The van der Waals surface area contributed by atoms with Gasteiger partial charge in [-0.3, -0.25) is 14.0 Å². The highest BCUT2D eigenvalue weighted by Gasteiger charge is 2.34. The zero-order valence-corrected chi connectivity index (χ0v) is 14.7. The smallest absolute Gasteiger partial charge is 0.271 e. The van der Waals surface area contributed by atoms with Crippen LogP contribution >= 0.6 is 12.1 Å². The quantitative estimate of drug-likeness (QED) is 0.826. The lowest BCUT2D eigenvalue weighted by atomic mass is 10.0. The van der Waals surface area contributed by atoms with Gasteiger partial charge in [0.15, 0.2) is 0 Å². The summed E-state index contributed by atoms with van der Waals surface area (Å²) in [7, 11) is 0. The number of likely N-dealkylation sites (tertiary alicyclic amines) is 1. The number of nitrogens with one attached hydrogen (secondary N) is 1. The molecule has 1 amide bonds. The average Bonchev–Trinajstić information content (AvgIpc) is 2.64. The Bertz CT molecular complexity index is 761. The number of nitrogens with zero attached hydrogens (tertiary/aromatic N) is 2. The van der Waals surface area contributed by atoms with E-state index >= 15 is 0 Å². The van der Waals surface area contributed by atoms with Crippen molar-refractivity contribution in [3.8, 4) is 5.75 Å². The molecule has 130 valence electrons. The molecule has 1 fully saturated rings. The van der Waals surface area contributed by atoms with Crippen molar-refractivity contribution < 1.29 is 9.90 Å². The third-order valence-electron chi connectivity index (χ3n) is 4.85. The Kier molecular flexibility index (Phi) is 4.55. The minimum atomic E-state index is -0.0987. The molecular weight excluding hydrogens is 334 g/mol. The summed E-state index contributed by atoms with van der Waals surface area (Å²) in [5.74, 6) is -0.0554. The first-order valence-electron chi connectivity index (χ1n) is 8.57. The van der Waals surface area contributed by atoms with Crippen LogP contribution in [0.4, 0.5) is 5.69 Å². The molecule has 1 saturated heterocycles. The van der Waals surface area contributed by atoms with Crippen LogP contribution in [-0.4, -0.2) is 39.4 Å². The molecule has 0 spiro atoms. The van der Waals surface area contributed by atoms with Gasteiger partial charge in [0.05, 0.1) is 17.8 Å². The van der Waals surface area contributed by atoms with Gasteiger partial charge in [0, 0.05) is 25.7 Å². The van der Waals surface area contributed by atoms with Crippen LogP contribution in [0.2, 0.25) is 0 Å². The summed E-state index contributed by atoms with van der Waals surface area (Å²) in [6, 6.07) is 15.8. The third-order valence-corrected chi connectivity index (χ3v) is 5.82. The lowest BCUT2D eigenvalue weighted by molar-refractivity contribution is 0.0769. The summed E-state index contributed by atoms with van der Waals surface area (Å²) in [6.07, 6.45) is 1.88. The first kappa shape index (κ1) is 16.3. The van der Waals surface area contributed by atoms with Crippen molar-refractivity contribution in [2.24, 2.45) is 0 Å². The second-order valence-corrected chi connectivity index (χ2v) is 7.30. The molecule has 5 nitrogen and oxygen atoms in total. The Morgan fingerprint density at radius 1 is 1.08 bits per heavy atom. The highest BCUT2D eigenvalue weighted by atomic mass is 32.2. The largest absolute Gasteiger partial charge is 0.507 e. The van der Waals surface area contributed by atoms with Gasteiger partial charge >= 0.3 is 0 Å². The van der Waals surface area contributed by atoms with E-state index in [1.165, 1.54) is 17.7 Å². The van der Waals surface area contributed by atoms with Crippen molar-refractivity contribution in [2.75, 3.05) is 17.8 Å². The molecule has 0 unspecified atom stereocenters. The van der Waals surface area contributed by atoms with E-state index in [0.29, 0.717) is 11.3 Å². The minimum absolute atomic E-state index is 0.0433. The predicted molar refractivity (Wildman–Crippen MR) is 100 cm³/mol. The molecule has 0 aromatic heterocycles. The lowest BCUT2D eigenvalue weighted by Gasteiger charge is -2.39. The van der Waals surface area contributed by atoms with E-state index in [2.05, 4.69) is 33.9 Å². The normalized spacial score (nSPS) is 18.7. The number of anilines is 1. The number of amides is 1. The second-order valence-electron chi connectivity index (χ2n) is 6.52. The molecule has 2 aliphatic rings. The van der Waals surface area contributed by atoms with Crippen LogP contribution in [0.1, 0.15) is 28.8 Å². The molecule has 0 aliphatic carbocycles. The van der Waals surface area contributed by atoms with Crippen LogP contribution in [-0.2, 0) is 6.54 Å². The van der Waals surface area contributed by atoms with Crippen LogP contribution in [0.25, 0.3) is 0 Å². The molecule has 4 rings (SSSR count). The lowest BCUT2D eigenvalue weighted by Crippen LogP contribution is -2.45. The van der Waals surface area contributed by atoms with Crippen LogP contribution in [0.15, 0.2) is 48.5 Å². The average molecular weight is 355 g/mol. The summed E-state index contributed by atoms with van der Waals surface area (Å²) in [4.78, 5) is 15.2. The van der Waals surface area contributed by atoms with E-state index in [0.717, 1.165) is 32.5 Å². The molecule has 2 aliphatic heterocycles. The number of aromatic hydroxyl groups is 1. The first-order valence-corrected chi connectivity index (χ1v) is 9.34. The van der Waals surface area contributed by atoms with E-state index in [9.17, 15) is 9.90 Å². The maximum atomic E-state index is 12.8. The summed E-state index contributed by atoms with van der Waals surface area (Å²) < 4.78 is 4.97. The predicted octanol–water partition coefficient (Wildman–Crippen LogP) is 3.49. The zero-order valence-electron chi connectivity index (χ0n) is 13.9. The van der Waals surface area contributed by atoms with E-state index in [1.807, 2.05) is 12.1 Å². The highest BCUT2D eigenvalue weighted by molar-refractivity contribution is 7.99. The Balaban J connectivity index is 1.40. The summed E-state index contributed by atoms with van der Waals surface area (Å²) in [6.45, 7) is 2.89. The van der Waals surface area contributed by atoms with E-state index in [4.69, 9.17) is 0 Å². The fourth-order valence-electron chi connectivity index (χ4n) is 3.49. The topological polar surface area (TPSA) is 55.8 Å². The van der Waals surface area contributed by atoms with Gasteiger partial charge in [-0.1, -0.05) is 36.4 Å². The molecule has 2 aromatic rings. The summed E-state index contributed by atoms with van der Waals surface area (Å²) in [5, 5.41) is 10.0. The van der Waals surface area contributed by atoms with E-state index in [-0.39, 0.29) is 17.7 Å². The molecular formula is C19H21N3O2S.